The molecule has 0 aromatic heterocycles. The SMILES string of the molecule is CNC(=O)c1cc2c(cc1F)OCC[C@]21C[C@H]1CNc1cc(C#N)ccc1CCCC(=O)O. The van der Waals surface area contributed by atoms with E-state index >= 15 is 0 Å². The minimum atomic E-state index is -0.830. The fraction of sp³-hybridized carbons (Fsp3) is 0.400. The number of benzene rings is 2. The van der Waals surface area contributed by atoms with E-state index in [4.69, 9.17) is 9.84 Å². The Kier molecular flexibility index (Phi) is 6.23. The number of amides is 1. The van der Waals surface area contributed by atoms with Gasteiger partial charge in [0.15, 0.2) is 0 Å². The standard InChI is InChI=1S/C25H26FN3O4/c1-28-24(32)18-10-19-22(11-20(18)26)33-8-7-25(19)12-17(25)14-29-21-9-15(13-27)5-6-16(21)3-2-4-23(30)31/h5-6,9-11,17,29H,2-4,7-8,12,14H2,1H3,(H,28,32)(H,30,31)/t17-,25+/m0/s1. The number of halogens is 1. The maximum absolute atomic E-state index is 14.4. The van der Waals surface area contributed by atoms with E-state index in [0.29, 0.717) is 37.3 Å². The summed E-state index contributed by atoms with van der Waals surface area (Å²) < 4.78 is 20.1. The number of carboxylic acid groups (broad SMARTS) is 1. The van der Waals surface area contributed by atoms with Gasteiger partial charge in [-0.2, -0.15) is 5.26 Å². The number of nitriles is 1. The second-order valence-corrected chi connectivity index (χ2v) is 8.67. The largest absolute Gasteiger partial charge is 0.493 e. The van der Waals surface area contributed by atoms with Gasteiger partial charge in [-0.3, -0.25) is 9.59 Å². The third kappa shape index (κ3) is 4.49. The number of carbonyl (C=O) groups is 2. The lowest BCUT2D eigenvalue weighted by Crippen LogP contribution is -2.26. The fourth-order valence-electron chi connectivity index (χ4n) is 4.83. The Morgan fingerprint density at radius 2 is 2.15 bits per heavy atom. The molecule has 8 heteroatoms. The van der Waals surface area contributed by atoms with Gasteiger partial charge in [0.05, 0.1) is 23.8 Å². The van der Waals surface area contributed by atoms with Crippen LogP contribution in [-0.4, -0.2) is 37.2 Å². The first-order valence-electron chi connectivity index (χ1n) is 11.1. The van der Waals surface area contributed by atoms with Gasteiger partial charge in [-0.05, 0) is 55.4 Å². The number of carboxylic acids is 1. The quantitative estimate of drug-likeness (QED) is 0.565. The summed E-state index contributed by atoms with van der Waals surface area (Å²) >= 11 is 0. The van der Waals surface area contributed by atoms with Gasteiger partial charge in [-0.25, -0.2) is 4.39 Å². The lowest BCUT2D eigenvalue weighted by atomic mass is 9.86. The highest BCUT2D eigenvalue weighted by Crippen LogP contribution is 2.60. The van der Waals surface area contributed by atoms with Crippen molar-refractivity contribution >= 4 is 17.6 Å². The Bertz CT molecular complexity index is 1140. The predicted octanol–water partition coefficient (Wildman–Crippen LogP) is 3.62. The molecule has 2 aromatic rings. The molecule has 3 N–H and O–H groups in total. The van der Waals surface area contributed by atoms with Crippen LogP contribution in [0.25, 0.3) is 0 Å². The zero-order valence-electron chi connectivity index (χ0n) is 18.4. The van der Waals surface area contributed by atoms with Crippen LogP contribution in [0.4, 0.5) is 10.1 Å². The van der Waals surface area contributed by atoms with E-state index in [0.717, 1.165) is 29.7 Å². The molecule has 1 fully saturated rings. The zero-order valence-corrected chi connectivity index (χ0v) is 18.4. The first-order valence-corrected chi connectivity index (χ1v) is 11.1. The van der Waals surface area contributed by atoms with Gasteiger partial charge in [0, 0.05) is 42.7 Å². The van der Waals surface area contributed by atoms with Crippen molar-refractivity contribution in [2.45, 2.75) is 37.5 Å². The van der Waals surface area contributed by atoms with Crippen molar-refractivity contribution in [3.63, 3.8) is 0 Å². The highest BCUT2D eigenvalue weighted by atomic mass is 19.1. The van der Waals surface area contributed by atoms with Crippen molar-refractivity contribution in [1.29, 1.82) is 5.26 Å². The maximum Gasteiger partial charge on any atom is 0.303 e. The summed E-state index contributed by atoms with van der Waals surface area (Å²) in [7, 11) is 1.47. The number of carbonyl (C=O) groups excluding carboxylic acids is 1. The third-order valence-electron chi connectivity index (χ3n) is 6.73. The van der Waals surface area contributed by atoms with Crippen LogP contribution >= 0.6 is 0 Å². The Hall–Kier alpha value is -3.60. The van der Waals surface area contributed by atoms with E-state index in [1.54, 1.807) is 18.2 Å². The number of hydrogen-bond donors (Lipinski definition) is 3. The van der Waals surface area contributed by atoms with E-state index in [1.165, 1.54) is 13.1 Å². The second-order valence-electron chi connectivity index (χ2n) is 8.67. The van der Waals surface area contributed by atoms with E-state index in [-0.39, 0.29) is 23.3 Å². The number of rotatable bonds is 8. The Morgan fingerprint density at radius 1 is 1.33 bits per heavy atom. The Balaban J connectivity index is 1.52. The lowest BCUT2D eigenvalue weighted by molar-refractivity contribution is -0.137. The highest BCUT2D eigenvalue weighted by Gasteiger charge is 2.57. The van der Waals surface area contributed by atoms with Gasteiger partial charge >= 0.3 is 5.97 Å². The van der Waals surface area contributed by atoms with Crippen molar-refractivity contribution in [2.24, 2.45) is 5.92 Å². The lowest BCUT2D eigenvalue weighted by Gasteiger charge is -2.28. The summed E-state index contributed by atoms with van der Waals surface area (Å²) in [4.78, 5) is 23.0. The Morgan fingerprint density at radius 3 is 2.88 bits per heavy atom. The van der Waals surface area contributed by atoms with Gasteiger partial charge in [0.1, 0.15) is 11.6 Å². The number of fused-ring (bicyclic) bond motifs is 2. The summed E-state index contributed by atoms with van der Waals surface area (Å²) in [6.45, 7) is 1.14. The van der Waals surface area contributed by atoms with Crippen LogP contribution in [0.1, 0.15) is 52.7 Å². The number of hydrogen-bond acceptors (Lipinski definition) is 5. The van der Waals surface area contributed by atoms with Gasteiger partial charge in [-0.15, -0.1) is 0 Å². The van der Waals surface area contributed by atoms with Crippen LogP contribution in [0.2, 0.25) is 0 Å². The molecule has 172 valence electrons. The molecule has 33 heavy (non-hydrogen) atoms. The van der Waals surface area contributed by atoms with Crippen molar-refractivity contribution < 1.29 is 23.8 Å². The molecule has 1 amide bonds. The molecule has 7 nitrogen and oxygen atoms in total. The smallest absolute Gasteiger partial charge is 0.303 e. The van der Waals surface area contributed by atoms with Crippen LogP contribution in [0.15, 0.2) is 30.3 Å². The number of nitrogens with one attached hydrogen (secondary N) is 2. The van der Waals surface area contributed by atoms with Gasteiger partial charge < -0.3 is 20.5 Å². The molecule has 2 atom stereocenters. The third-order valence-corrected chi connectivity index (χ3v) is 6.73. The average molecular weight is 451 g/mol. The summed E-state index contributed by atoms with van der Waals surface area (Å²) in [6, 6.07) is 10.5. The normalized spacial score (nSPS) is 20.3. The maximum atomic E-state index is 14.4. The van der Waals surface area contributed by atoms with Gasteiger partial charge in [0.25, 0.3) is 5.91 Å². The molecular weight excluding hydrogens is 425 g/mol. The first kappa shape index (κ1) is 22.6. The molecule has 2 aliphatic rings. The fourth-order valence-corrected chi connectivity index (χ4v) is 4.83. The molecule has 1 aliphatic heterocycles. The van der Waals surface area contributed by atoms with Crippen molar-refractivity contribution in [3.8, 4) is 11.8 Å². The molecule has 0 radical (unpaired) electrons. The summed E-state index contributed by atoms with van der Waals surface area (Å²) in [5, 5.41) is 24.1. The van der Waals surface area contributed by atoms with Gasteiger partial charge in [-0.1, -0.05) is 6.07 Å². The zero-order chi connectivity index (χ0) is 23.6. The minimum absolute atomic E-state index is 0.0159. The van der Waals surface area contributed by atoms with E-state index in [9.17, 15) is 19.2 Å². The second kappa shape index (κ2) is 9.10. The number of anilines is 1. The number of aliphatic carboxylic acids is 1. The molecule has 1 aliphatic carbocycles. The summed E-state index contributed by atoms with van der Waals surface area (Å²) in [6.07, 6.45) is 2.88. The van der Waals surface area contributed by atoms with Crippen LogP contribution < -0.4 is 15.4 Å². The Labute approximate surface area is 191 Å². The van der Waals surface area contributed by atoms with E-state index < -0.39 is 17.7 Å². The molecule has 4 rings (SSSR count). The summed E-state index contributed by atoms with van der Waals surface area (Å²) in [5.41, 5.74) is 3.05. The average Bonchev–Trinajstić information content (AvgIpc) is 3.49. The molecular formula is C25H26FN3O4. The molecule has 0 saturated heterocycles. The summed E-state index contributed by atoms with van der Waals surface area (Å²) in [5.74, 6) is -1.13. The molecule has 1 saturated carbocycles. The van der Waals surface area contributed by atoms with Crippen molar-refractivity contribution in [3.05, 3.63) is 58.4 Å². The van der Waals surface area contributed by atoms with Gasteiger partial charge in [0.2, 0.25) is 0 Å². The molecule has 1 heterocycles. The number of ether oxygens (including phenoxy) is 1. The van der Waals surface area contributed by atoms with Crippen molar-refractivity contribution in [2.75, 3.05) is 25.5 Å². The molecule has 0 bridgehead atoms. The number of nitrogens with zero attached hydrogens (tertiary/aromatic N) is 1. The topological polar surface area (TPSA) is 111 Å². The van der Waals surface area contributed by atoms with Crippen LogP contribution in [0, 0.1) is 23.1 Å². The minimum Gasteiger partial charge on any atom is -0.493 e. The predicted molar refractivity (Wildman–Crippen MR) is 120 cm³/mol. The van der Waals surface area contributed by atoms with Crippen molar-refractivity contribution in [1.82, 2.24) is 5.32 Å². The monoisotopic (exact) mass is 451 g/mol. The first-order chi connectivity index (χ1) is 15.9. The molecule has 2 aromatic carbocycles. The van der Waals surface area contributed by atoms with E-state index in [2.05, 4.69) is 16.7 Å². The molecule has 0 unspecified atom stereocenters. The molecule has 1 spiro atoms. The van der Waals surface area contributed by atoms with E-state index in [1.807, 2.05) is 6.07 Å². The number of aryl methyl sites for hydroxylation is 1. The van der Waals surface area contributed by atoms with Crippen LogP contribution in [-0.2, 0) is 16.6 Å². The van der Waals surface area contributed by atoms with Crippen LogP contribution in [0.3, 0.4) is 0 Å². The van der Waals surface area contributed by atoms with Crippen LogP contribution in [0.5, 0.6) is 5.75 Å². The highest BCUT2D eigenvalue weighted by molar-refractivity contribution is 5.94.